The molecule has 0 fully saturated rings. The van der Waals surface area contributed by atoms with Crippen molar-refractivity contribution < 1.29 is 17.9 Å². The minimum absolute atomic E-state index is 0.0835. The van der Waals surface area contributed by atoms with Gasteiger partial charge in [-0.25, -0.2) is 8.42 Å². The van der Waals surface area contributed by atoms with Gasteiger partial charge in [-0.15, -0.1) is 0 Å². The van der Waals surface area contributed by atoms with Crippen LogP contribution in [0.4, 0.5) is 0 Å². The van der Waals surface area contributed by atoms with Gasteiger partial charge < -0.3 is 9.47 Å². The molecule has 7 heteroatoms. The molecule has 0 radical (unpaired) electrons. The molecule has 0 aromatic rings. The molecule has 0 rings (SSSR count). The molecule has 0 heterocycles. The first-order valence-electron chi connectivity index (χ1n) is 4.82. The van der Waals surface area contributed by atoms with Crippen molar-refractivity contribution in [2.75, 3.05) is 32.7 Å². The first-order chi connectivity index (χ1) is 7.33. The quantitative estimate of drug-likeness (QED) is 0.606. The Balaban J connectivity index is 3.94. The van der Waals surface area contributed by atoms with Crippen LogP contribution in [0, 0.1) is 11.3 Å². The molecule has 0 amide bonds. The van der Waals surface area contributed by atoms with Gasteiger partial charge in [0.1, 0.15) is 5.54 Å². The van der Waals surface area contributed by atoms with Gasteiger partial charge in [-0.3, -0.25) is 0 Å². The molecule has 0 spiro atoms. The lowest BCUT2D eigenvalue weighted by molar-refractivity contribution is 0.0784. The van der Waals surface area contributed by atoms with E-state index in [2.05, 4.69) is 4.72 Å². The molecule has 0 aliphatic rings. The third-order valence-electron chi connectivity index (χ3n) is 1.62. The molecule has 0 aromatic carbocycles. The lowest BCUT2D eigenvalue weighted by atomic mass is 10.1. The predicted molar refractivity (Wildman–Crippen MR) is 59.3 cm³/mol. The van der Waals surface area contributed by atoms with Gasteiger partial charge in [0, 0.05) is 7.11 Å². The topological polar surface area (TPSA) is 88.4 Å². The standard InChI is InChI=1S/C9H18N2O4S/c1-9(2,8-10)11-16(12,13)7-6-15-5-4-14-3/h11H,4-7H2,1-3H3. The highest BCUT2D eigenvalue weighted by Gasteiger charge is 2.23. The average molecular weight is 250 g/mol. The maximum Gasteiger partial charge on any atom is 0.215 e. The second-order valence-electron chi connectivity index (χ2n) is 3.76. The molecule has 6 nitrogen and oxygen atoms in total. The molecule has 0 unspecified atom stereocenters. The van der Waals surface area contributed by atoms with Crippen LogP contribution >= 0.6 is 0 Å². The van der Waals surface area contributed by atoms with E-state index in [1.54, 1.807) is 0 Å². The molecular formula is C9H18N2O4S. The fourth-order valence-corrected chi connectivity index (χ4v) is 2.14. The number of nitriles is 1. The first-order valence-corrected chi connectivity index (χ1v) is 6.48. The van der Waals surface area contributed by atoms with Crippen LogP contribution in [0.25, 0.3) is 0 Å². The SMILES string of the molecule is COCCOCCS(=O)(=O)NC(C)(C)C#N. The molecule has 0 bridgehead atoms. The summed E-state index contributed by atoms with van der Waals surface area (Å²) in [5, 5.41) is 8.67. The molecule has 1 N–H and O–H groups in total. The zero-order valence-corrected chi connectivity index (χ0v) is 10.6. The summed E-state index contributed by atoms with van der Waals surface area (Å²) in [5.41, 5.74) is -1.09. The number of nitrogens with one attached hydrogen (secondary N) is 1. The van der Waals surface area contributed by atoms with E-state index in [1.165, 1.54) is 21.0 Å². The van der Waals surface area contributed by atoms with Crippen molar-refractivity contribution in [2.24, 2.45) is 0 Å². The normalized spacial score (nSPS) is 12.4. The van der Waals surface area contributed by atoms with E-state index in [1.807, 2.05) is 6.07 Å². The lowest BCUT2D eigenvalue weighted by Crippen LogP contribution is -2.43. The van der Waals surface area contributed by atoms with Crippen LogP contribution in [-0.2, 0) is 19.5 Å². The predicted octanol–water partition coefficient (Wildman–Crippen LogP) is -0.129. The minimum Gasteiger partial charge on any atom is -0.382 e. The van der Waals surface area contributed by atoms with Gasteiger partial charge in [-0.05, 0) is 13.8 Å². The van der Waals surface area contributed by atoms with Crippen molar-refractivity contribution >= 4 is 10.0 Å². The van der Waals surface area contributed by atoms with Crippen LogP contribution in [-0.4, -0.2) is 46.6 Å². The van der Waals surface area contributed by atoms with E-state index >= 15 is 0 Å². The summed E-state index contributed by atoms with van der Waals surface area (Å²) in [4.78, 5) is 0. The third kappa shape index (κ3) is 7.59. The number of hydrogen-bond donors (Lipinski definition) is 1. The fraction of sp³-hybridized carbons (Fsp3) is 0.889. The first kappa shape index (κ1) is 15.3. The van der Waals surface area contributed by atoms with Gasteiger partial charge in [0.05, 0.1) is 31.6 Å². The zero-order valence-electron chi connectivity index (χ0n) is 9.82. The maximum absolute atomic E-state index is 11.5. The summed E-state index contributed by atoms with van der Waals surface area (Å²) >= 11 is 0. The van der Waals surface area contributed by atoms with E-state index in [-0.39, 0.29) is 12.4 Å². The molecule has 0 aromatic heterocycles. The third-order valence-corrected chi connectivity index (χ3v) is 3.14. The van der Waals surface area contributed by atoms with Crippen LogP contribution in [0.15, 0.2) is 0 Å². The van der Waals surface area contributed by atoms with Crippen molar-refractivity contribution in [3.05, 3.63) is 0 Å². The molecule has 0 aliphatic carbocycles. The van der Waals surface area contributed by atoms with Crippen LogP contribution < -0.4 is 4.72 Å². The van der Waals surface area contributed by atoms with Crippen LogP contribution in [0.3, 0.4) is 0 Å². The van der Waals surface area contributed by atoms with Gasteiger partial charge in [0.25, 0.3) is 0 Å². The van der Waals surface area contributed by atoms with E-state index in [0.717, 1.165) is 0 Å². The van der Waals surface area contributed by atoms with Gasteiger partial charge in [-0.2, -0.15) is 9.98 Å². The molecule has 0 saturated carbocycles. The summed E-state index contributed by atoms with van der Waals surface area (Å²) in [5.74, 6) is -0.165. The van der Waals surface area contributed by atoms with Crippen LogP contribution in [0.1, 0.15) is 13.8 Å². The molecular weight excluding hydrogens is 232 g/mol. The Morgan fingerprint density at radius 3 is 2.44 bits per heavy atom. The summed E-state index contributed by atoms with van der Waals surface area (Å²) < 4.78 is 35.0. The fourth-order valence-electron chi connectivity index (χ4n) is 0.876. The Hall–Kier alpha value is -0.680. The van der Waals surface area contributed by atoms with E-state index < -0.39 is 15.6 Å². The highest BCUT2D eigenvalue weighted by Crippen LogP contribution is 2.02. The zero-order chi connectivity index (χ0) is 12.7. The number of rotatable bonds is 8. The highest BCUT2D eigenvalue weighted by molar-refractivity contribution is 7.89. The van der Waals surface area contributed by atoms with E-state index in [4.69, 9.17) is 14.7 Å². The largest absolute Gasteiger partial charge is 0.382 e. The molecule has 0 atom stereocenters. The average Bonchev–Trinajstić information content (AvgIpc) is 2.16. The highest BCUT2D eigenvalue weighted by atomic mass is 32.2. The Bertz CT molecular complexity index is 332. The monoisotopic (exact) mass is 250 g/mol. The number of hydrogen-bond acceptors (Lipinski definition) is 5. The summed E-state index contributed by atoms with van der Waals surface area (Å²) in [7, 11) is -1.94. The van der Waals surface area contributed by atoms with Gasteiger partial charge in [-0.1, -0.05) is 0 Å². The molecule has 16 heavy (non-hydrogen) atoms. The molecule has 94 valence electrons. The van der Waals surface area contributed by atoms with Crippen LogP contribution in [0.5, 0.6) is 0 Å². The van der Waals surface area contributed by atoms with E-state index in [9.17, 15) is 8.42 Å². The van der Waals surface area contributed by atoms with Crippen molar-refractivity contribution in [2.45, 2.75) is 19.4 Å². The Morgan fingerprint density at radius 1 is 1.31 bits per heavy atom. The number of methoxy groups -OCH3 is 1. The lowest BCUT2D eigenvalue weighted by Gasteiger charge is -2.17. The van der Waals surface area contributed by atoms with Crippen molar-refractivity contribution in [3.63, 3.8) is 0 Å². The van der Waals surface area contributed by atoms with Crippen molar-refractivity contribution in [1.29, 1.82) is 5.26 Å². The summed E-state index contributed by atoms with van der Waals surface area (Å²) in [6, 6.07) is 1.86. The summed E-state index contributed by atoms with van der Waals surface area (Å²) in [6.45, 7) is 3.86. The van der Waals surface area contributed by atoms with Crippen molar-refractivity contribution in [3.8, 4) is 6.07 Å². The van der Waals surface area contributed by atoms with Crippen molar-refractivity contribution in [1.82, 2.24) is 4.72 Å². The van der Waals surface area contributed by atoms with Gasteiger partial charge in [0.15, 0.2) is 0 Å². The second kappa shape index (κ2) is 6.81. The van der Waals surface area contributed by atoms with Gasteiger partial charge >= 0.3 is 0 Å². The number of nitrogens with zero attached hydrogens (tertiary/aromatic N) is 1. The molecule has 0 saturated heterocycles. The Kier molecular flexibility index (Phi) is 6.52. The Morgan fingerprint density at radius 2 is 1.94 bits per heavy atom. The Labute approximate surface area is 96.6 Å². The minimum atomic E-state index is -3.48. The number of ether oxygens (including phenoxy) is 2. The second-order valence-corrected chi connectivity index (χ2v) is 5.60. The molecule has 0 aliphatic heterocycles. The smallest absolute Gasteiger partial charge is 0.215 e. The number of sulfonamides is 1. The van der Waals surface area contributed by atoms with Gasteiger partial charge in [0.2, 0.25) is 10.0 Å². The van der Waals surface area contributed by atoms with Crippen LogP contribution in [0.2, 0.25) is 0 Å². The van der Waals surface area contributed by atoms with E-state index in [0.29, 0.717) is 13.2 Å². The summed E-state index contributed by atoms with van der Waals surface area (Å²) in [6.07, 6.45) is 0. The maximum atomic E-state index is 11.5.